The van der Waals surface area contributed by atoms with E-state index in [1.165, 1.54) is 0 Å². The number of carbonyl (C=O) groups excluding carboxylic acids is 2. The highest BCUT2D eigenvalue weighted by Crippen LogP contribution is 2.55. The van der Waals surface area contributed by atoms with E-state index in [2.05, 4.69) is 13.0 Å². The molecular formula is C47H68O16. The molecule has 0 aromatic heterocycles. The van der Waals surface area contributed by atoms with Gasteiger partial charge in [0.15, 0.2) is 23.0 Å². The van der Waals surface area contributed by atoms with Crippen molar-refractivity contribution in [3.63, 3.8) is 0 Å². The summed E-state index contributed by atoms with van der Waals surface area (Å²) in [5, 5.41) is 45.4. The Morgan fingerprint density at radius 2 is 1.59 bits per heavy atom. The minimum Gasteiger partial charge on any atom is -0.479 e. The standard InChI is InChI=1S/C47H68O16/c1-25-9-10-31-33(21-36(56-31)47(54)38(49)27(3)13-19-55-47)57-40(51)28(4)30-8-7-14-45(58-30)16-11-32(59-45)39(50)43(6)23-29(48)37(62-43)34-24-44(41(52)53)17-18-46(60-34,63-44)35-12-15-42(5,61-35)22-26(2)20-25/h9-10,20,26-28,30-39,49-50,54H,7-8,11-19,21-24H2,1-6H3,(H,52,53)/b10-9-,25-20-. The van der Waals surface area contributed by atoms with Crippen molar-refractivity contribution in [1.82, 2.24) is 0 Å². The van der Waals surface area contributed by atoms with Gasteiger partial charge in [-0.15, -0.1) is 0 Å². The van der Waals surface area contributed by atoms with Gasteiger partial charge in [0.2, 0.25) is 5.79 Å². The van der Waals surface area contributed by atoms with E-state index in [0.717, 1.165) is 5.57 Å². The van der Waals surface area contributed by atoms with Gasteiger partial charge in [-0.1, -0.05) is 37.6 Å². The first kappa shape index (κ1) is 45.8. The Morgan fingerprint density at radius 3 is 2.37 bits per heavy atom. The van der Waals surface area contributed by atoms with Gasteiger partial charge in [0.1, 0.15) is 48.3 Å². The molecule has 4 N–H and O–H groups in total. The first-order chi connectivity index (χ1) is 29.7. The molecule has 9 rings (SSSR count). The number of ketones is 1. The third kappa shape index (κ3) is 8.18. The topological polar surface area (TPSA) is 215 Å². The maximum atomic E-state index is 14.1. The van der Waals surface area contributed by atoms with Crippen LogP contribution in [0.5, 0.6) is 0 Å². The van der Waals surface area contributed by atoms with Gasteiger partial charge in [-0.25, -0.2) is 4.79 Å². The maximum Gasteiger partial charge on any atom is 0.336 e. The van der Waals surface area contributed by atoms with Crippen molar-refractivity contribution >= 4 is 17.7 Å². The van der Waals surface area contributed by atoms with Gasteiger partial charge < -0.3 is 63.1 Å². The number of esters is 1. The fourth-order valence-corrected chi connectivity index (χ4v) is 12.5. The van der Waals surface area contributed by atoms with Crippen molar-refractivity contribution in [2.75, 3.05) is 6.61 Å². The second kappa shape index (κ2) is 16.5. The number of carboxylic acid groups (broad SMARTS) is 1. The number of hydrogen-bond acceptors (Lipinski definition) is 15. The van der Waals surface area contributed by atoms with Gasteiger partial charge in [-0.3, -0.25) is 9.59 Å². The monoisotopic (exact) mass is 888 g/mol. The minimum absolute atomic E-state index is 0.0310. The van der Waals surface area contributed by atoms with Crippen LogP contribution in [0.25, 0.3) is 0 Å². The quantitative estimate of drug-likeness (QED) is 0.284. The Bertz CT molecular complexity index is 1860. The van der Waals surface area contributed by atoms with Crippen molar-refractivity contribution in [3.8, 4) is 0 Å². The molecular weight excluding hydrogens is 821 g/mol. The zero-order chi connectivity index (χ0) is 44.9. The Morgan fingerprint density at radius 1 is 0.810 bits per heavy atom. The highest BCUT2D eigenvalue weighted by atomic mass is 16.8. The lowest BCUT2D eigenvalue weighted by atomic mass is 9.87. The summed E-state index contributed by atoms with van der Waals surface area (Å²) in [7, 11) is 0. The number of hydrogen-bond donors (Lipinski definition) is 4. The zero-order valence-electron chi connectivity index (χ0n) is 37.5. The molecule has 8 saturated heterocycles. The number of rotatable bonds is 2. The fourth-order valence-electron chi connectivity index (χ4n) is 12.5. The Labute approximate surface area is 369 Å². The first-order valence-electron chi connectivity index (χ1n) is 23.5. The molecule has 2 spiro atoms. The molecule has 63 heavy (non-hydrogen) atoms. The molecule has 19 atom stereocenters. The summed E-state index contributed by atoms with van der Waals surface area (Å²) in [6.07, 6.45) is 2.32. The third-order valence-electron chi connectivity index (χ3n) is 16.0. The number of carbonyl (C=O) groups is 3. The smallest absolute Gasteiger partial charge is 0.336 e. The lowest BCUT2D eigenvalue weighted by Crippen LogP contribution is -2.60. The molecule has 0 saturated carbocycles. The van der Waals surface area contributed by atoms with Crippen LogP contribution >= 0.6 is 0 Å². The number of ether oxygens (including phenoxy) is 9. The molecule has 8 fully saturated rings. The molecule has 0 aromatic rings. The van der Waals surface area contributed by atoms with Crippen molar-refractivity contribution in [2.24, 2.45) is 17.8 Å². The molecule has 10 bridgehead atoms. The average Bonchev–Trinajstić information content (AvgIpc) is 4.06. The minimum atomic E-state index is -1.99. The number of fused-ring (bicyclic) bond motifs is 10. The van der Waals surface area contributed by atoms with Crippen LogP contribution in [0.15, 0.2) is 23.8 Å². The molecule has 0 radical (unpaired) electrons. The summed E-state index contributed by atoms with van der Waals surface area (Å²) in [6.45, 7) is 11.6. The number of aliphatic hydroxyl groups is 3. The van der Waals surface area contributed by atoms with Gasteiger partial charge in [0, 0.05) is 38.5 Å². The summed E-state index contributed by atoms with van der Waals surface area (Å²) >= 11 is 0. The summed E-state index contributed by atoms with van der Waals surface area (Å²) in [5.74, 6) is -7.29. The maximum absolute atomic E-state index is 14.1. The molecule has 0 aliphatic carbocycles. The summed E-state index contributed by atoms with van der Waals surface area (Å²) in [4.78, 5) is 40.9. The molecule has 9 aliphatic rings. The normalized spacial score (nSPS) is 54.2. The van der Waals surface area contributed by atoms with E-state index >= 15 is 0 Å². The molecule has 0 amide bonds. The Hall–Kier alpha value is -2.35. The Kier molecular flexibility index (Phi) is 12.0. The van der Waals surface area contributed by atoms with Crippen LogP contribution < -0.4 is 0 Å². The van der Waals surface area contributed by atoms with E-state index in [0.29, 0.717) is 57.8 Å². The lowest BCUT2D eigenvalue weighted by Gasteiger charge is -2.46. The van der Waals surface area contributed by atoms with E-state index < -0.39 is 113 Å². The molecule has 9 heterocycles. The van der Waals surface area contributed by atoms with Crippen LogP contribution in [-0.4, -0.2) is 140 Å². The summed E-state index contributed by atoms with van der Waals surface area (Å²) in [5.41, 5.74) is -2.63. The average molecular weight is 889 g/mol. The number of allylic oxidation sites excluding steroid dienone is 3. The van der Waals surface area contributed by atoms with Crippen LogP contribution in [0.4, 0.5) is 0 Å². The zero-order valence-corrected chi connectivity index (χ0v) is 37.5. The highest BCUT2D eigenvalue weighted by Gasteiger charge is 2.68. The molecule has 16 nitrogen and oxygen atoms in total. The number of aliphatic hydroxyl groups excluding tert-OH is 2. The van der Waals surface area contributed by atoms with Gasteiger partial charge >= 0.3 is 11.9 Å². The number of aliphatic carboxylic acids is 1. The van der Waals surface area contributed by atoms with Crippen LogP contribution in [0.3, 0.4) is 0 Å². The highest BCUT2D eigenvalue weighted by molar-refractivity contribution is 5.87. The van der Waals surface area contributed by atoms with Crippen LogP contribution in [0.2, 0.25) is 0 Å². The van der Waals surface area contributed by atoms with Gasteiger partial charge in [-0.05, 0) is 90.9 Å². The molecule has 352 valence electrons. The van der Waals surface area contributed by atoms with E-state index in [1.54, 1.807) is 13.8 Å². The van der Waals surface area contributed by atoms with Crippen molar-refractivity contribution < 1.29 is 77.4 Å². The molecule has 16 heteroatoms. The van der Waals surface area contributed by atoms with E-state index in [-0.39, 0.29) is 56.3 Å². The van der Waals surface area contributed by atoms with Crippen LogP contribution in [0, 0.1) is 17.8 Å². The molecule has 9 aliphatic heterocycles. The second-order valence-corrected chi connectivity index (χ2v) is 21.1. The van der Waals surface area contributed by atoms with Crippen LogP contribution in [0.1, 0.15) is 131 Å². The van der Waals surface area contributed by atoms with Gasteiger partial charge in [-0.2, -0.15) is 0 Å². The first-order valence-corrected chi connectivity index (χ1v) is 23.5. The van der Waals surface area contributed by atoms with Crippen molar-refractivity contribution in [3.05, 3.63) is 23.8 Å². The SMILES string of the molecule is CC1=C/C(C)CC2(C)CCC(O2)C23CCC(C(=O)O)(CC(O2)C2OC(C)(CC2=O)C(O)C2CCC4(CCCC(O4)C(C)C(=O)OC4CC(C5(O)OCCC(C)C5O)OC4/C=C\1)O2)O3. The number of Topliss-reactive ketones (excluding diaryl/α,β-unsaturated/α-hetero) is 1. The Balaban J connectivity index is 1.01. The third-order valence-corrected chi connectivity index (χ3v) is 16.0. The summed E-state index contributed by atoms with van der Waals surface area (Å²) in [6, 6.07) is 0. The predicted molar refractivity (Wildman–Crippen MR) is 220 cm³/mol. The van der Waals surface area contributed by atoms with E-state index in [9.17, 15) is 34.8 Å². The number of carboxylic acids is 1. The van der Waals surface area contributed by atoms with Crippen molar-refractivity contribution in [2.45, 2.75) is 227 Å². The van der Waals surface area contributed by atoms with Gasteiger partial charge in [0.05, 0.1) is 36.4 Å². The molecule has 0 aromatic carbocycles. The van der Waals surface area contributed by atoms with E-state index in [1.807, 2.05) is 32.9 Å². The molecule has 19 unspecified atom stereocenters. The largest absolute Gasteiger partial charge is 0.479 e. The summed E-state index contributed by atoms with van der Waals surface area (Å²) < 4.78 is 58.2. The van der Waals surface area contributed by atoms with E-state index in [4.69, 9.17) is 42.6 Å². The second-order valence-electron chi connectivity index (χ2n) is 21.1. The lowest BCUT2D eigenvalue weighted by molar-refractivity contribution is -0.358. The van der Waals surface area contributed by atoms with Crippen molar-refractivity contribution in [1.29, 1.82) is 0 Å². The predicted octanol–water partition coefficient (Wildman–Crippen LogP) is 4.32. The van der Waals surface area contributed by atoms with Crippen LogP contribution in [-0.2, 0) is 57.0 Å². The fraction of sp³-hybridized carbons (Fsp3) is 0.851. The van der Waals surface area contributed by atoms with Gasteiger partial charge in [0.25, 0.3) is 0 Å².